The molecule has 2 rings (SSSR count). The van der Waals surface area contributed by atoms with Gasteiger partial charge in [-0.25, -0.2) is 4.39 Å². The molecule has 1 fully saturated rings. The van der Waals surface area contributed by atoms with Gasteiger partial charge in [0, 0.05) is 12.6 Å². The lowest BCUT2D eigenvalue weighted by molar-refractivity contribution is 0.0944. The Kier molecular flexibility index (Phi) is 4.34. The number of hydrogen-bond donors (Lipinski definition) is 3. The molecule has 1 aliphatic rings. The first-order chi connectivity index (χ1) is 9.13. The van der Waals surface area contributed by atoms with Crippen LogP contribution < -0.4 is 16.6 Å². The van der Waals surface area contributed by atoms with E-state index in [4.69, 9.17) is 5.84 Å². The van der Waals surface area contributed by atoms with E-state index in [0.717, 1.165) is 19.4 Å². The first kappa shape index (κ1) is 13.8. The standard InChI is InChI=1S/C13H19FN4O/c1-18-7-3-4-9(18)8-16-13(19)10-5-2-6-11(14)12(10)17-15/h2,5-6,9,17H,3-4,7-8,15H2,1H3,(H,16,19). The van der Waals surface area contributed by atoms with Crippen LogP contribution in [0.5, 0.6) is 0 Å². The summed E-state index contributed by atoms with van der Waals surface area (Å²) in [7, 11) is 2.04. The average molecular weight is 266 g/mol. The van der Waals surface area contributed by atoms with Crippen molar-refractivity contribution in [1.29, 1.82) is 0 Å². The molecular weight excluding hydrogens is 247 g/mol. The Balaban J connectivity index is 2.02. The van der Waals surface area contributed by atoms with Crippen LogP contribution in [0, 0.1) is 5.82 Å². The summed E-state index contributed by atoms with van der Waals surface area (Å²) in [6, 6.07) is 4.65. The number of rotatable bonds is 4. The molecule has 1 aromatic carbocycles. The number of para-hydroxylation sites is 1. The van der Waals surface area contributed by atoms with Crippen LogP contribution >= 0.6 is 0 Å². The van der Waals surface area contributed by atoms with Gasteiger partial charge in [0.2, 0.25) is 0 Å². The van der Waals surface area contributed by atoms with E-state index in [1.807, 2.05) is 7.05 Å². The molecule has 1 aliphatic heterocycles. The SMILES string of the molecule is CN1CCCC1CNC(=O)c1cccc(F)c1NN. The number of nitrogens with zero attached hydrogens (tertiary/aromatic N) is 1. The number of benzene rings is 1. The Labute approximate surface area is 111 Å². The van der Waals surface area contributed by atoms with Crippen molar-refractivity contribution in [2.75, 3.05) is 25.6 Å². The highest BCUT2D eigenvalue weighted by Gasteiger charge is 2.22. The molecule has 1 heterocycles. The molecule has 1 saturated heterocycles. The summed E-state index contributed by atoms with van der Waals surface area (Å²) >= 11 is 0. The van der Waals surface area contributed by atoms with E-state index in [0.29, 0.717) is 12.6 Å². The van der Waals surface area contributed by atoms with Gasteiger partial charge in [-0.2, -0.15) is 0 Å². The fraction of sp³-hybridized carbons (Fsp3) is 0.462. The maximum Gasteiger partial charge on any atom is 0.253 e. The molecule has 0 bridgehead atoms. The first-order valence-corrected chi connectivity index (χ1v) is 6.37. The van der Waals surface area contributed by atoms with Gasteiger partial charge in [-0.15, -0.1) is 0 Å². The topological polar surface area (TPSA) is 70.4 Å². The number of carbonyl (C=O) groups excluding carboxylic acids is 1. The van der Waals surface area contributed by atoms with E-state index in [2.05, 4.69) is 15.6 Å². The van der Waals surface area contributed by atoms with Crippen molar-refractivity contribution < 1.29 is 9.18 Å². The fourth-order valence-electron chi connectivity index (χ4n) is 2.40. The predicted octanol–water partition coefficient (Wildman–Crippen LogP) is 0.935. The number of hydrogen-bond acceptors (Lipinski definition) is 4. The van der Waals surface area contributed by atoms with E-state index < -0.39 is 5.82 Å². The number of carbonyl (C=O) groups is 1. The minimum Gasteiger partial charge on any atom is -0.350 e. The van der Waals surface area contributed by atoms with Gasteiger partial charge in [0.05, 0.1) is 11.3 Å². The first-order valence-electron chi connectivity index (χ1n) is 6.37. The summed E-state index contributed by atoms with van der Waals surface area (Å²) in [5.74, 6) is 4.40. The number of likely N-dealkylation sites (N-methyl/N-ethyl adjacent to an activating group) is 1. The van der Waals surface area contributed by atoms with Crippen molar-refractivity contribution in [3.63, 3.8) is 0 Å². The van der Waals surface area contributed by atoms with Gasteiger partial charge in [0.25, 0.3) is 5.91 Å². The molecule has 1 amide bonds. The van der Waals surface area contributed by atoms with Crippen molar-refractivity contribution >= 4 is 11.6 Å². The zero-order valence-electron chi connectivity index (χ0n) is 10.9. The molecule has 0 saturated carbocycles. The third kappa shape index (κ3) is 3.02. The number of anilines is 1. The number of nitrogens with two attached hydrogens (primary N) is 1. The van der Waals surface area contributed by atoms with E-state index in [9.17, 15) is 9.18 Å². The van der Waals surface area contributed by atoms with Crippen LogP contribution in [-0.2, 0) is 0 Å². The fourth-order valence-corrected chi connectivity index (χ4v) is 2.40. The van der Waals surface area contributed by atoms with Gasteiger partial charge in [0.1, 0.15) is 5.82 Å². The highest BCUT2D eigenvalue weighted by atomic mass is 19.1. The van der Waals surface area contributed by atoms with E-state index in [-0.39, 0.29) is 17.2 Å². The second-order valence-electron chi connectivity index (χ2n) is 4.79. The summed E-state index contributed by atoms with van der Waals surface area (Å²) in [5, 5.41) is 2.83. The Morgan fingerprint density at radius 2 is 2.37 bits per heavy atom. The monoisotopic (exact) mass is 266 g/mol. The lowest BCUT2D eigenvalue weighted by Gasteiger charge is -2.20. The Morgan fingerprint density at radius 3 is 3.00 bits per heavy atom. The molecule has 1 atom stereocenters. The van der Waals surface area contributed by atoms with Crippen molar-refractivity contribution in [2.45, 2.75) is 18.9 Å². The van der Waals surface area contributed by atoms with Gasteiger partial charge in [-0.1, -0.05) is 6.07 Å². The van der Waals surface area contributed by atoms with Crippen LogP contribution in [0.15, 0.2) is 18.2 Å². The second kappa shape index (κ2) is 5.99. The maximum atomic E-state index is 13.5. The minimum absolute atomic E-state index is 0.0276. The summed E-state index contributed by atoms with van der Waals surface area (Å²) in [4.78, 5) is 14.3. The molecule has 104 valence electrons. The number of likely N-dealkylation sites (tertiary alicyclic amines) is 1. The zero-order valence-corrected chi connectivity index (χ0v) is 10.9. The van der Waals surface area contributed by atoms with Crippen molar-refractivity contribution in [1.82, 2.24) is 10.2 Å². The van der Waals surface area contributed by atoms with Crippen molar-refractivity contribution in [3.05, 3.63) is 29.6 Å². The van der Waals surface area contributed by atoms with Gasteiger partial charge in [-0.3, -0.25) is 10.6 Å². The molecule has 1 aromatic rings. The van der Waals surface area contributed by atoms with Crippen LogP contribution in [0.2, 0.25) is 0 Å². The molecule has 4 N–H and O–H groups in total. The van der Waals surface area contributed by atoms with Gasteiger partial charge < -0.3 is 15.6 Å². The smallest absolute Gasteiger partial charge is 0.253 e. The summed E-state index contributed by atoms with van der Waals surface area (Å²) in [6.45, 7) is 1.62. The number of hydrazine groups is 1. The Bertz CT molecular complexity index is 466. The second-order valence-corrected chi connectivity index (χ2v) is 4.79. The van der Waals surface area contributed by atoms with E-state index >= 15 is 0 Å². The predicted molar refractivity (Wildman–Crippen MR) is 72.2 cm³/mol. The number of amides is 1. The highest BCUT2D eigenvalue weighted by Crippen LogP contribution is 2.19. The largest absolute Gasteiger partial charge is 0.350 e. The van der Waals surface area contributed by atoms with Crippen LogP contribution in [0.3, 0.4) is 0 Å². The third-order valence-corrected chi connectivity index (χ3v) is 3.57. The molecule has 19 heavy (non-hydrogen) atoms. The van der Waals surface area contributed by atoms with Gasteiger partial charge >= 0.3 is 0 Å². The number of nitrogen functional groups attached to an aromatic ring is 1. The molecule has 0 aliphatic carbocycles. The van der Waals surface area contributed by atoms with Gasteiger partial charge in [0.15, 0.2) is 0 Å². The van der Waals surface area contributed by atoms with E-state index in [1.54, 1.807) is 6.07 Å². The number of nitrogens with one attached hydrogen (secondary N) is 2. The van der Waals surface area contributed by atoms with Crippen LogP contribution in [-0.4, -0.2) is 37.0 Å². The molecular formula is C13H19FN4O. The van der Waals surface area contributed by atoms with Crippen LogP contribution in [0.25, 0.3) is 0 Å². The number of halogens is 1. The van der Waals surface area contributed by atoms with E-state index in [1.165, 1.54) is 12.1 Å². The molecule has 6 heteroatoms. The molecule has 1 unspecified atom stereocenters. The summed E-state index contributed by atoms with van der Waals surface area (Å²) < 4.78 is 13.5. The molecule has 0 spiro atoms. The Hall–Kier alpha value is -1.66. The third-order valence-electron chi connectivity index (χ3n) is 3.57. The Morgan fingerprint density at radius 1 is 1.58 bits per heavy atom. The van der Waals surface area contributed by atoms with Crippen LogP contribution in [0.4, 0.5) is 10.1 Å². The van der Waals surface area contributed by atoms with Crippen molar-refractivity contribution in [3.8, 4) is 0 Å². The van der Waals surface area contributed by atoms with Crippen LogP contribution in [0.1, 0.15) is 23.2 Å². The normalized spacial score (nSPS) is 19.4. The summed E-state index contributed by atoms with van der Waals surface area (Å²) in [5.41, 5.74) is 2.49. The zero-order chi connectivity index (χ0) is 13.8. The maximum absolute atomic E-state index is 13.5. The minimum atomic E-state index is -0.534. The molecule has 5 nitrogen and oxygen atoms in total. The van der Waals surface area contributed by atoms with Gasteiger partial charge in [-0.05, 0) is 38.6 Å². The highest BCUT2D eigenvalue weighted by molar-refractivity contribution is 5.99. The lowest BCUT2D eigenvalue weighted by Crippen LogP contribution is -2.38. The summed E-state index contributed by atoms with van der Waals surface area (Å²) in [6.07, 6.45) is 2.22. The quantitative estimate of drug-likeness (QED) is 0.560. The van der Waals surface area contributed by atoms with Crippen molar-refractivity contribution in [2.24, 2.45) is 5.84 Å². The lowest BCUT2D eigenvalue weighted by atomic mass is 10.1. The average Bonchev–Trinajstić information content (AvgIpc) is 2.81. The molecule has 0 aromatic heterocycles. The molecule has 0 radical (unpaired) electrons.